The maximum atomic E-state index is 2.45. The average molecular weight is 1610 g/mol. The average Bonchev–Trinajstić information content (AvgIpc) is 0.720. The lowest BCUT2D eigenvalue weighted by molar-refractivity contribution is 1.28. The SMILES string of the molecule is C(=C\c1c2ccccc2c(-c2c3ccccc3c(-c3ccc(N(c4ccc(-c5c6ccccc6c(-c6c7ccccc7c(/C=C/c7ccccc7)c7ccccc67)c6ccccc56)cc4)c4ccc(-c5c6ccccc6c(-c6c7ccccc7c(/C=C/c7ccccc7)c7ccccc67)c6ccccc56)cc4)cc3)c3ccccc23)c2ccccc12)/c1ccccc1. The summed E-state index contributed by atoms with van der Waals surface area (Å²) in [7, 11) is 0. The Labute approximate surface area is 737 Å². The van der Waals surface area contributed by atoms with E-state index in [1.807, 2.05) is 0 Å². The Morgan fingerprint density at radius 1 is 0.110 bits per heavy atom. The minimum atomic E-state index is 1.04. The summed E-state index contributed by atoms with van der Waals surface area (Å²) in [4.78, 5) is 2.45. The molecule has 0 saturated heterocycles. The predicted molar refractivity (Wildman–Crippen MR) is 550 cm³/mol. The van der Waals surface area contributed by atoms with Gasteiger partial charge in [0.05, 0.1) is 0 Å². The molecule has 127 heavy (non-hydrogen) atoms. The normalized spacial score (nSPS) is 12.0. The van der Waals surface area contributed by atoms with Crippen molar-refractivity contribution >= 4 is 183 Å². The largest absolute Gasteiger partial charge is 0.311 e. The van der Waals surface area contributed by atoms with Crippen LogP contribution in [-0.4, -0.2) is 0 Å². The summed E-state index contributed by atoms with van der Waals surface area (Å²) in [6, 6.07) is 169. The number of benzene rings is 24. The van der Waals surface area contributed by atoms with Gasteiger partial charge in [-0.3, -0.25) is 0 Å². The molecular formula is C126H81N. The number of rotatable bonds is 15. The summed E-state index contributed by atoms with van der Waals surface area (Å²) in [5.74, 6) is 0. The second-order valence-electron chi connectivity index (χ2n) is 33.4. The van der Waals surface area contributed by atoms with Crippen LogP contribution in [0.5, 0.6) is 0 Å². The fraction of sp³-hybridized carbons (Fsp3) is 0. The quantitative estimate of drug-likeness (QED) is 0.0730. The van der Waals surface area contributed by atoms with E-state index < -0.39 is 0 Å². The first kappa shape index (κ1) is 74.3. The Morgan fingerprint density at radius 2 is 0.244 bits per heavy atom. The van der Waals surface area contributed by atoms with Crippen molar-refractivity contribution in [3.05, 3.63) is 488 Å². The van der Waals surface area contributed by atoms with Gasteiger partial charge in [0.25, 0.3) is 0 Å². The molecule has 0 unspecified atom stereocenters. The highest BCUT2D eigenvalue weighted by molar-refractivity contribution is 6.33. The second kappa shape index (κ2) is 31.4. The number of anilines is 3. The van der Waals surface area contributed by atoms with Crippen LogP contribution in [0, 0.1) is 0 Å². The molecule has 0 saturated carbocycles. The Kier molecular flexibility index (Phi) is 18.4. The zero-order chi connectivity index (χ0) is 83.8. The lowest BCUT2D eigenvalue weighted by Gasteiger charge is -2.27. The molecule has 0 aliphatic heterocycles. The van der Waals surface area contributed by atoms with E-state index in [2.05, 4.69) is 496 Å². The summed E-state index contributed by atoms with van der Waals surface area (Å²) in [5, 5.41) is 29.1. The highest BCUT2D eigenvalue weighted by atomic mass is 15.1. The topological polar surface area (TPSA) is 3.24 Å². The van der Waals surface area contributed by atoms with E-state index >= 15 is 0 Å². The molecule has 0 N–H and O–H groups in total. The summed E-state index contributed by atoms with van der Waals surface area (Å²) >= 11 is 0. The molecule has 0 aromatic heterocycles. The third-order valence-corrected chi connectivity index (χ3v) is 26.4. The Morgan fingerprint density at radius 3 is 0.409 bits per heavy atom. The van der Waals surface area contributed by atoms with Crippen LogP contribution in [0.4, 0.5) is 17.1 Å². The van der Waals surface area contributed by atoms with E-state index in [0.29, 0.717) is 0 Å². The molecular weight excluding hydrogens is 1530 g/mol. The van der Waals surface area contributed by atoms with Gasteiger partial charge in [-0.15, -0.1) is 0 Å². The van der Waals surface area contributed by atoms with E-state index in [-0.39, 0.29) is 0 Å². The fourth-order valence-corrected chi connectivity index (χ4v) is 21.0. The van der Waals surface area contributed by atoms with Crippen molar-refractivity contribution in [2.75, 3.05) is 4.90 Å². The number of fused-ring (bicyclic) bond motifs is 12. The molecule has 0 aliphatic carbocycles. The van der Waals surface area contributed by atoms with Gasteiger partial charge in [0.2, 0.25) is 0 Å². The maximum Gasteiger partial charge on any atom is 0.0462 e. The van der Waals surface area contributed by atoms with Crippen LogP contribution in [0.3, 0.4) is 0 Å². The van der Waals surface area contributed by atoms with Crippen LogP contribution < -0.4 is 4.90 Å². The van der Waals surface area contributed by atoms with Gasteiger partial charge in [0, 0.05) is 17.1 Å². The van der Waals surface area contributed by atoms with Crippen molar-refractivity contribution in [3.63, 3.8) is 0 Å². The summed E-state index contributed by atoms with van der Waals surface area (Å²) in [6.45, 7) is 0. The van der Waals surface area contributed by atoms with Gasteiger partial charge >= 0.3 is 0 Å². The lowest BCUT2D eigenvalue weighted by atomic mass is 9.81. The van der Waals surface area contributed by atoms with Gasteiger partial charge < -0.3 is 4.90 Å². The molecule has 0 fully saturated rings. The molecule has 24 aromatic rings. The van der Waals surface area contributed by atoms with E-state index in [0.717, 1.165) is 33.8 Å². The molecule has 0 amide bonds. The van der Waals surface area contributed by atoms with Crippen molar-refractivity contribution < 1.29 is 0 Å². The van der Waals surface area contributed by atoms with Crippen LogP contribution in [-0.2, 0) is 0 Å². The molecule has 24 aromatic carbocycles. The molecule has 0 bridgehead atoms. The third-order valence-electron chi connectivity index (χ3n) is 26.4. The van der Waals surface area contributed by atoms with Crippen LogP contribution >= 0.6 is 0 Å². The minimum absolute atomic E-state index is 1.04. The Balaban J connectivity index is 0.672. The highest BCUT2D eigenvalue weighted by Gasteiger charge is 2.28. The first-order valence-corrected chi connectivity index (χ1v) is 44.0. The fourth-order valence-electron chi connectivity index (χ4n) is 21.0. The van der Waals surface area contributed by atoms with Gasteiger partial charge in [-0.2, -0.15) is 0 Å². The zero-order valence-corrected chi connectivity index (χ0v) is 69.7. The summed E-state index contributed by atoms with van der Waals surface area (Å²) in [6.07, 6.45) is 13.7. The monoisotopic (exact) mass is 1610 g/mol. The summed E-state index contributed by atoms with van der Waals surface area (Å²) < 4.78 is 0. The van der Waals surface area contributed by atoms with Crippen molar-refractivity contribution in [2.24, 2.45) is 0 Å². The predicted octanol–water partition coefficient (Wildman–Crippen LogP) is 35.5. The second-order valence-corrected chi connectivity index (χ2v) is 33.4. The van der Waals surface area contributed by atoms with Crippen LogP contribution in [0.25, 0.3) is 232 Å². The van der Waals surface area contributed by atoms with Gasteiger partial charge in [-0.25, -0.2) is 0 Å². The lowest BCUT2D eigenvalue weighted by Crippen LogP contribution is -2.10. The van der Waals surface area contributed by atoms with E-state index in [9.17, 15) is 0 Å². The zero-order valence-electron chi connectivity index (χ0n) is 69.7. The molecule has 0 radical (unpaired) electrons. The smallest absolute Gasteiger partial charge is 0.0462 e. The first-order valence-electron chi connectivity index (χ1n) is 44.0. The van der Waals surface area contributed by atoms with Gasteiger partial charge in [-0.05, 0) is 266 Å². The highest BCUT2D eigenvalue weighted by Crippen LogP contribution is 2.55. The van der Waals surface area contributed by atoms with E-state index in [1.54, 1.807) is 0 Å². The Hall–Kier alpha value is -16.6. The number of hydrogen-bond acceptors (Lipinski definition) is 1. The van der Waals surface area contributed by atoms with E-state index in [4.69, 9.17) is 0 Å². The molecule has 1 heteroatoms. The van der Waals surface area contributed by atoms with Gasteiger partial charge in [0.15, 0.2) is 0 Å². The van der Waals surface area contributed by atoms with Crippen LogP contribution in [0.2, 0.25) is 0 Å². The summed E-state index contributed by atoms with van der Waals surface area (Å²) in [5.41, 5.74) is 24.8. The van der Waals surface area contributed by atoms with Crippen molar-refractivity contribution in [3.8, 4) is 66.8 Å². The Bertz CT molecular complexity index is 7490. The van der Waals surface area contributed by atoms with Crippen LogP contribution in [0.15, 0.2) is 455 Å². The van der Waals surface area contributed by atoms with E-state index in [1.165, 1.54) is 213 Å². The maximum absolute atomic E-state index is 2.45. The van der Waals surface area contributed by atoms with Crippen molar-refractivity contribution in [1.82, 2.24) is 0 Å². The molecule has 0 spiro atoms. The standard InChI is InChI=1S/C126H81N/c1-4-34-82(35-5-1)64-79-97-91-40-10-16-46-100(91)121(101-47-17-11-41-92(97)101)124-112-58-28-22-52-106(112)118(107-53-23-29-59-113(107)124)85-67-73-88(74-68-85)127(89-75-69-86(70-76-89)119-108-54-24-30-60-114(108)125(115-61-31-25-55-109(115)119)122-102-48-18-12-42-93(102)98(94-43-13-19-49-103(94)122)80-65-83-36-6-2-7-37-83)90-77-71-87(72-78-90)120-110-56-26-32-62-116(110)126(117-63-33-27-57-111(117)120)123-104-50-20-14-44-95(104)99(96-45-15-21-51-105(96)123)81-66-84-38-8-3-9-39-84/h1-81H/b79-64+,80-65+,81-66+. The first-order chi connectivity index (χ1) is 63.1. The minimum Gasteiger partial charge on any atom is -0.311 e. The van der Waals surface area contributed by atoms with Gasteiger partial charge in [0.1, 0.15) is 0 Å². The molecule has 0 heterocycles. The van der Waals surface area contributed by atoms with Crippen LogP contribution in [0.1, 0.15) is 33.4 Å². The van der Waals surface area contributed by atoms with Gasteiger partial charge in [-0.1, -0.05) is 455 Å². The number of hydrogen-bond donors (Lipinski definition) is 0. The van der Waals surface area contributed by atoms with Crippen molar-refractivity contribution in [1.29, 1.82) is 0 Å². The number of nitrogens with zero attached hydrogens (tertiary/aromatic N) is 1. The molecule has 24 rings (SSSR count). The molecule has 1 nitrogen and oxygen atoms in total. The van der Waals surface area contributed by atoms with Crippen molar-refractivity contribution in [2.45, 2.75) is 0 Å². The molecule has 590 valence electrons. The molecule has 0 aliphatic rings. The third kappa shape index (κ3) is 12.6. The molecule has 0 atom stereocenters.